The average molecular weight is 217 g/mol. The number of rotatable bonds is 6. The van der Waals surface area contributed by atoms with E-state index in [9.17, 15) is 0 Å². The summed E-state index contributed by atoms with van der Waals surface area (Å²) in [6, 6.07) is 4.57. The van der Waals surface area contributed by atoms with Crippen molar-refractivity contribution in [3.63, 3.8) is 0 Å². The number of hydrogen-bond acceptors (Lipinski definition) is 0. The van der Waals surface area contributed by atoms with Crippen molar-refractivity contribution in [3.8, 4) is 0 Å². The Hall–Kier alpha value is -0.780. The van der Waals surface area contributed by atoms with Gasteiger partial charge in [0.1, 0.15) is 0 Å². The Morgan fingerprint density at radius 3 is 2.12 bits per heavy atom. The van der Waals surface area contributed by atoms with Crippen molar-refractivity contribution in [2.75, 3.05) is 0 Å². The second-order valence-electron chi connectivity index (χ2n) is 4.87. The van der Waals surface area contributed by atoms with Crippen molar-refractivity contribution < 1.29 is 0 Å². The van der Waals surface area contributed by atoms with E-state index in [4.69, 9.17) is 0 Å². The monoisotopic (exact) mass is 217 g/mol. The highest BCUT2D eigenvalue weighted by Gasteiger charge is 2.03. The standard InChI is InChI=1S/C16H25/c1-5-6-7-8-9-10-16-14(3)11-13(2)12-15(16)4/h10-12H,5-9H2,1-4H3. The molecule has 0 spiro atoms. The maximum atomic E-state index is 2.42. The molecular weight excluding hydrogens is 192 g/mol. The van der Waals surface area contributed by atoms with Crippen LogP contribution in [0.1, 0.15) is 61.3 Å². The zero-order chi connectivity index (χ0) is 12.0. The Labute approximate surface area is 101 Å². The van der Waals surface area contributed by atoms with Gasteiger partial charge in [0.15, 0.2) is 0 Å². The predicted molar refractivity (Wildman–Crippen MR) is 72.8 cm³/mol. The van der Waals surface area contributed by atoms with Crippen LogP contribution in [0.4, 0.5) is 0 Å². The molecule has 1 rings (SSSR count). The molecule has 0 aliphatic heterocycles. The first-order valence-electron chi connectivity index (χ1n) is 6.56. The molecule has 0 N–H and O–H groups in total. The van der Waals surface area contributed by atoms with Gasteiger partial charge in [0.25, 0.3) is 0 Å². The molecule has 0 amide bonds. The van der Waals surface area contributed by atoms with Crippen molar-refractivity contribution in [2.24, 2.45) is 0 Å². The molecule has 0 saturated heterocycles. The Kier molecular flexibility index (Phi) is 5.59. The smallest absolute Gasteiger partial charge is 0.00876 e. The van der Waals surface area contributed by atoms with Crippen LogP contribution in [-0.4, -0.2) is 0 Å². The van der Waals surface area contributed by atoms with E-state index in [0.29, 0.717) is 0 Å². The van der Waals surface area contributed by atoms with E-state index < -0.39 is 0 Å². The van der Waals surface area contributed by atoms with E-state index in [1.54, 1.807) is 0 Å². The summed E-state index contributed by atoms with van der Waals surface area (Å²) < 4.78 is 0. The van der Waals surface area contributed by atoms with Gasteiger partial charge in [0.2, 0.25) is 0 Å². The number of aryl methyl sites for hydroxylation is 3. The fourth-order valence-electron chi connectivity index (χ4n) is 2.33. The van der Waals surface area contributed by atoms with E-state index >= 15 is 0 Å². The van der Waals surface area contributed by atoms with Gasteiger partial charge in [0, 0.05) is 0 Å². The molecule has 0 unspecified atom stereocenters. The van der Waals surface area contributed by atoms with Gasteiger partial charge in [-0.05, 0) is 50.3 Å². The number of hydrogen-bond donors (Lipinski definition) is 0. The molecule has 0 atom stereocenters. The van der Waals surface area contributed by atoms with Gasteiger partial charge in [-0.1, -0.05) is 50.3 Å². The molecule has 0 fully saturated rings. The van der Waals surface area contributed by atoms with Gasteiger partial charge < -0.3 is 0 Å². The van der Waals surface area contributed by atoms with Gasteiger partial charge in [-0.2, -0.15) is 0 Å². The van der Waals surface area contributed by atoms with Crippen LogP contribution in [0.25, 0.3) is 0 Å². The first-order chi connectivity index (χ1) is 7.65. The molecule has 0 nitrogen and oxygen atoms in total. The van der Waals surface area contributed by atoms with Crippen molar-refractivity contribution in [1.29, 1.82) is 0 Å². The van der Waals surface area contributed by atoms with Gasteiger partial charge in [-0.25, -0.2) is 0 Å². The normalized spacial score (nSPS) is 10.8. The summed E-state index contributed by atoms with van der Waals surface area (Å²) in [6.07, 6.45) is 9.05. The van der Waals surface area contributed by atoms with E-state index in [0.717, 1.165) is 0 Å². The van der Waals surface area contributed by atoms with E-state index in [-0.39, 0.29) is 0 Å². The molecule has 0 aliphatic carbocycles. The van der Waals surface area contributed by atoms with Gasteiger partial charge in [-0.3, -0.25) is 0 Å². The molecule has 1 aromatic carbocycles. The fourth-order valence-corrected chi connectivity index (χ4v) is 2.33. The van der Waals surface area contributed by atoms with E-state index in [1.807, 2.05) is 0 Å². The Morgan fingerprint density at radius 2 is 1.56 bits per heavy atom. The summed E-state index contributed by atoms with van der Waals surface area (Å²) in [4.78, 5) is 0. The van der Waals surface area contributed by atoms with Crippen molar-refractivity contribution in [3.05, 3.63) is 40.8 Å². The third kappa shape index (κ3) is 4.00. The van der Waals surface area contributed by atoms with Crippen LogP contribution in [0.15, 0.2) is 12.1 Å². The second-order valence-corrected chi connectivity index (χ2v) is 4.87. The number of benzene rings is 1. The molecular formula is C16H25. The molecule has 16 heavy (non-hydrogen) atoms. The molecule has 0 aromatic heterocycles. The largest absolute Gasteiger partial charge is 0.0654 e. The lowest BCUT2D eigenvalue weighted by Crippen LogP contribution is -1.93. The zero-order valence-electron chi connectivity index (χ0n) is 11.3. The van der Waals surface area contributed by atoms with Crippen LogP contribution < -0.4 is 0 Å². The highest BCUT2D eigenvalue weighted by molar-refractivity contribution is 5.41. The van der Waals surface area contributed by atoms with Crippen LogP contribution in [0.3, 0.4) is 0 Å². The zero-order valence-corrected chi connectivity index (χ0v) is 11.3. The van der Waals surface area contributed by atoms with Crippen molar-refractivity contribution in [1.82, 2.24) is 0 Å². The highest BCUT2D eigenvalue weighted by Crippen LogP contribution is 2.20. The minimum absolute atomic E-state index is 1.23. The predicted octanol–water partition coefficient (Wildman–Crippen LogP) is 5.13. The SMILES string of the molecule is CCCCCC[CH]c1c(C)cc(C)cc1C. The van der Waals surface area contributed by atoms with Crippen LogP contribution in [0.2, 0.25) is 0 Å². The summed E-state index contributed by atoms with van der Waals surface area (Å²) in [7, 11) is 0. The maximum Gasteiger partial charge on any atom is -0.00876 e. The fraction of sp³-hybridized carbons (Fsp3) is 0.562. The molecule has 89 valence electrons. The van der Waals surface area contributed by atoms with Gasteiger partial charge in [0.05, 0.1) is 0 Å². The Morgan fingerprint density at radius 1 is 0.938 bits per heavy atom. The second kappa shape index (κ2) is 6.73. The lowest BCUT2D eigenvalue weighted by Gasteiger charge is -2.10. The molecule has 1 aromatic rings. The molecule has 0 aliphatic rings. The lowest BCUT2D eigenvalue weighted by atomic mass is 9.95. The van der Waals surface area contributed by atoms with Crippen molar-refractivity contribution >= 4 is 0 Å². The van der Waals surface area contributed by atoms with Crippen LogP contribution in [0.5, 0.6) is 0 Å². The summed E-state index contributed by atoms with van der Waals surface area (Å²) in [5.74, 6) is 0. The average Bonchev–Trinajstić information content (AvgIpc) is 2.20. The molecule has 0 heterocycles. The Balaban J connectivity index is 2.47. The molecule has 0 bridgehead atoms. The Bertz CT molecular complexity index is 300. The van der Waals surface area contributed by atoms with Crippen LogP contribution >= 0.6 is 0 Å². The first-order valence-corrected chi connectivity index (χ1v) is 6.56. The lowest BCUT2D eigenvalue weighted by molar-refractivity contribution is 0.665. The minimum Gasteiger partial charge on any atom is -0.0654 e. The quantitative estimate of drug-likeness (QED) is 0.579. The molecule has 1 radical (unpaired) electrons. The summed E-state index contributed by atoms with van der Waals surface area (Å²) in [6.45, 7) is 8.87. The van der Waals surface area contributed by atoms with E-state index in [1.165, 1.54) is 54.4 Å². The summed E-state index contributed by atoms with van der Waals surface area (Å²) >= 11 is 0. The summed E-state index contributed by atoms with van der Waals surface area (Å²) in [5.41, 5.74) is 5.68. The van der Waals surface area contributed by atoms with Crippen molar-refractivity contribution in [2.45, 2.75) is 59.8 Å². The first kappa shape index (κ1) is 13.3. The van der Waals surface area contributed by atoms with Gasteiger partial charge >= 0.3 is 0 Å². The minimum atomic E-state index is 1.23. The molecule has 0 heteroatoms. The molecule has 0 saturated carbocycles. The number of unbranched alkanes of at least 4 members (excludes halogenated alkanes) is 4. The van der Waals surface area contributed by atoms with Crippen LogP contribution in [-0.2, 0) is 0 Å². The highest BCUT2D eigenvalue weighted by atomic mass is 14.1. The topological polar surface area (TPSA) is 0 Å². The third-order valence-corrected chi connectivity index (χ3v) is 3.14. The third-order valence-electron chi connectivity index (χ3n) is 3.14. The van der Waals surface area contributed by atoms with Crippen LogP contribution in [0, 0.1) is 27.2 Å². The van der Waals surface area contributed by atoms with Gasteiger partial charge in [-0.15, -0.1) is 0 Å². The maximum absolute atomic E-state index is 2.42. The summed E-state index contributed by atoms with van der Waals surface area (Å²) in [5, 5.41) is 0. The van der Waals surface area contributed by atoms with E-state index in [2.05, 4.69) is 46.2 Å².